The van der Waals surface area contributed by atoms with E-state index in [-0.39, 0.29) is 12.5 Å². The van der Waals surface area contributed by atoms with Crippen molar-refractivity contribution in [2.45, 2.75) is 26.3 Å². The van der Waals surface area contributed by atoms with Crippen molar-refractivity contribution in [3.63, 3.8) is 0 Å². The Labute approximate surface area is 84.6 Å². The average molecular weight is 201 g/mol. The molecular weight excluding hydrogens is 182 g/mol. The van der Waals surface area contributed by atoms with Crippen molar-refractivity contribution >= 4 is 11.8 Å². The van der Waals surface area contributed by atoms with Gasteiger partial charge >= 0.3 is 0 Å². The van der Waals surface area contributed by atoms with E-state index in [1.54, 1.807) is 20.9 Å². The van der Waals surface area contributed by atoms with Gasteiger partial charge in [0, 0.05) is 6.54 Å². The molecule has 2 amide bonds. The van der Waals surface area contributed by atoms with Crippen molar-refractivity contribution in [2.24, 2.45) is 5.73 Å². The monoisotopic (exact) mass is 201 g/mol. The number of rotatable bonds is 5. The van der Waals surface area contributed by atoms with Gasteiger partial charge in [-0.2, -0.15) is 0 Å². The molecule has 0 aromatic heterocycles. The van der Waals surface area contributed by atoms with Crippen LogP contribution in [0, 0.1) is 0 Å². The second kappa shape index (κ2) is 4.95. The maximum atomic E-state index is 11.8. The Balaban J connectivity index is 4.54. The van der Waals surface area contributed by atoms with Crippen molar-refractivity contribution in [1.82, 2.24) is 10.2 Å². The minimum atomic E-state index is -0.661. The molecule has 0 fully saturated rings. The van der Waals surface area contributed by atoms with E-state index >= 15 is 0 Å². The second-order valence-electron chi connectivity index (χ2n) is 3.66. The van der Waals surface area contributed by atoms with Gasteiger partial charge in [-0.3, -0.25) is 9.59 Å². The molecule has 0 saturated heterocycles. The van der Waals surface area contributed by atoms with Crippen LogP contribution in [0.2, 0.25) is 0 Å². The SMILES string of the molecule is CCN(CC(N)=O)C(=O)C(C)(C)NC. The van der Waals surface area contributed by atoms with E-state index in [2.05, 4.69) is 5.32 Å². The number of likely N-dealkylation sites (N-methyl/N-ethyl adjacent to an activating group) is 2. The van der Waals surface area contributed by atoms with Gasteiger partial charge in [-0.15, -0.1) is 0 Å². The van der Waals surface area contributed by atoms with Gasteiger partial charge in [-0.25, -0.2) is 0 Å². The number of nitrogens with two attached hydrogens (primary N) is 1. The summed E-state index contributed by atoms with van der Waals surface area (Å²) in [4.78, 5) is 23.9. The van der Waals surface area contributed by atoms with Crippen LogP contribution < -0.4 is 11.1 Å². The summed E-state index contributed by atoms with van der Waals surface area (Å²) in [5.74, 6) is -0.617. The fourth-order valence-electron chi connectivity index (χ4n) is 1.02. The van der Waals surface area contributed by atoms with Crippen molar-refractivity contribution in [3.8, 4) is 0 Å². The lowest BCUT2D eigenvalue weighted by atomic mass is 10.0. The molecule has 0 spiro atoms. The zero-order valence-corrected chi connectivity index (χ0v) is 9.26. The third-order valence-corrected chi connectivity index (χ3v) is 2.18. The third-order valence-electron chi connectivity index (χ3n) is 2.18. The van der Waals surface area contributed by atoms with Crippen LogP contribution in [0.15, 0.2) is 0 Å². The highest BCUT2D eigenvalue weighted by Crippen LogP contribution is 2.06. The molecule has 0 aliphatic heterocycles. The van der Waals surface area contributed by atoms with Gasteiger partial charge in [0.05, 0.1) is 12.1 Å². The summed E-state index contributed by atoms with van der Waals surface area (Å²) in [7, 11) is 1.70. The van der Waals surface area contributed by atoms with Crippen LogP contribution in [0.3, 0.4) is 0 Å². The number of hydrogen-bond acceptors (Lipinski definition) is 3. The number of carbonyl (C=O) groups excluding carboxylic acids is 2. The van der Waals surface area contributed by atoms with E-state index in [0.717, 1.165) is 0 Å². The molecule has 3 N–H and O–H groups in total. The van der Waals surface area contributed by atoms with Crippen LogP contribution in [0.5, 0.6) is 0 Å². The lowest BCUT2D eigenvalue weighted by Gasteiger charge is -2.30. The van der Waals surface area contributed by atoms with Gasteiger partial charge in [-0.05, 0) is 27.8 Å². The van der Waals surface area contributed by atoms with E-state index in [1.165, 1.54) is 4.90 Å². The normalized spacial score (nSPS) is 11.1. The summed E-state index contributed by atoms with van der Waals surface area (Å²) in [5, 5.41) is 2.89. The van der Waals surface area contributed by atoms with E-state index < -0.39 is 11.4 Å². The van der Waals surface area contributed by atoms with Crippen LogP contribution in [0.25, 0.3) is 0 Å². The smallest absolute Gasteiger partial charge is 0.242 e. The maximum Gasteiger partial charge on any atom is 0.242 e. The summed E-state index contributed by atoms with van der Waals surface area (Å²) >= 11 is 0. The average Bonchev–Trinajstić information content (AvgIpc) is 2.12. The van der Waals surface area contributed by atoms with Crippen molar-refractivity contribution < 1.29 is 9.59 Å². The molecule has 0 aromatic carbocycles. The molecule has 0 heterocycles. The summed E-state index contributed by atoms with van der Waals surface area (Å²) in [6.45, 7) is 5.79. The van der Waals surface area contributed by atoms with Crippen molar-refractivity contribution in [1.29, 1.82) is 0 Å². The molecule has 0 unspecified atom stereocenters. The Morgan fingerprint density at radius 2 is 1.93 bits per heavy atom. The molecule has 5 nitrogen and oxygen atoms in total. The van der Waals surface area contributed by atoms with Gasteiger partial charge in [0.25, 0.3) is 0 Å². The zero-order valence-electron chi connectivity index (χ0n) is 9.26. The molecule has 0 aromatic rings. The number of carbonyl (C=O) groups is 2. The first-order valence-corrected chi connectivity index (χ1v) is 4.61. The highest BCUT2D eigenvalue weighted by atomic mass is 16.2. The largest absolute Gasteiger partial charge is 0.368 e. The summed E-state index contributed by atoms with van der Waals surface area (Å²) in [6, 6.07) is 0. The zero-order chi connectivity index (χ0) is 11.4. The molecule has 0 rings (SSSR count). The van der Waals surface area contributed by atoms with Gasteiger partial charge in [-0.1, -0.05) is 0 Å². The summed E-state index contributed by atoms with van der Waals surface area (Å²) in [5.41, 5.74) is 4.38. The quantitative estimate of drug-likeness (QED) is 0.618. The van der Waals surface area contributed by atoms with E-state index in [0.29, 0.717) is 6.54 Å². The van der Waals surface area contributed by atoms with E-state index in [4.69, 9.17) is 5.73 Å². The van der Waals surface area contributed by atoms with Crippen LogP contribution in [-0.2, 0) is 9.59 Å². The third kappa shape index (κ3) is 3.33. The first kappa shape index (κ1) is 12.9. The number of hydrogen-bond donors (Lipinski definition) is 2. The fraction of sp³-hybridized carbons (Fsp3) is 0.778. The van der Waals surface area contributed by atoms with Crippen LogP contribution in [0.4, 0.5) is 0 Å². The minimum Gasteiger partial charge on any atom is -0.368 e. The Kier molecular flexibility index (Phi) is 4.56. The molecule has 0 radical (unpaired) electrons. The lowest BCUT2D eigenvalue weighted by Crippen LogP contribution is -2.54. The van der Waals surface area contributed by atoms with E-state index in [9.17, 15) is 9.59 Å². The van der Waals surface area contributed by atoms with Gasteiger partial charge in [0.1, 0.15) is 0 Å². The Bertz CT molecular complexity index is 226. The van der Waals surface area contributed by atoms with Crippen molar-refractivity contribution in [3.05, 3.63) is 0 Å². The number of primary amides is 1. The van der Waals surface area contributed by atoms with Gasteiger partial charge < -0.3 is 16.0 Å². The van der Waals surface area contributed by atoms with Crippen LogP contribution in [0.1, 0.15) is 20.8 Å². The minimum absolute atomic E-state index is 0.0273. The van der Waals surface area contributed by atoms with E-state index in [1.807, 2.05) is 6.92 Å². The van der Waals surface area contributed by atoms with Crippen molar-refractivity contribution in [2.75, 3.05) is 20.1 Å². The molecule has 0 saturated carbocycles. The first-order valence-electron chi connectivity index (χ1n) is 4.61. The molecule has 0 atom stereocenters. The highest BCUT2D eigenvalue weighted by molar-refractivity contribution is 5.89. The Hall–Kier alpha value is -1.10. The van der Waals surface area contributed by atoms with Gasteiger partial charge in [0.2, 0.25) is 11.8 Å². The predicted octanol–water partition coefficient (Wildman–Crippen LogP) is -0.682. The summed E-state index contributed by atoms with van der Waals surface area (Å²) in [6.07, 6.45) is 0. The Morgan fingerprint density at radius 3 is 2.21 bits per heavy atom. The number of amides is 2. The molecule has 0 bridgehead atoms. The molecular formula is C9H19N3O2. The summed E-state index contributed by atoms with van der Waals surface area (Å²) < 4.78 is 0. The topological polar surface area (TPSA) is 75.4 Å². The number of nitrogens with zero attached hydrogens (tertiary/aromatic N) is 1. The lowest BCUT2D eigenvalue weighted by molar-refractivity contribution is -0.139. The second-order valence-corrected chi connectivity index (χ2v) is 3.66. The van der Waals surface area contributed by atoms with Crippen LogP contribution in [-0.4, -0.2) is 42.4 Å². The molecule has 14 heavy (non-hydrogen) atoms. The maximum absolute atomic E-state index is 11.8. The number of nitrogens with one attached hydrogen (secondary N) is 1. The Morgan fingerprint density at radius 1 is 1.43 bits per heavy atom. The first-order chi connectivity index (χ1) is 6.35. The fourth-order valence-corrected chi connectivity index (χ4v) is 1.02. The predicted molar refractivity (Wildman–Crippen MR) is 54.6 cm³/mol. The molecule has 0 aliphatic carbocycles. The van der Waals surface area contributed by atoms with Crippen LogP contribution >= 0.6 is 0 Å². The molecule has 0 aliphatic rings. The molecule has 5 heteroatoms. The standard InChI is InChI=1S/C9H19N3O2/c1-5-12(6-7(10)13)8(14)9(2,3)11-4/h11H,5-6H2,1-4H3,(H2,10,13). The highest BCUT2D eigenvalue weighted by Gasteiger charge is 2.29. The van der Waals surface area contributed by atoms with Gasteiger partial charge in [0.15, 0.2) is 0 Å². The molecule has 82 valence electrons.